The topological polar surface area (TPSA) is 131 Å². The number of carbonyl (C=O) groups excluding carboxylic acids is 2. The highest BCUT2D eigenvalue weighted by molar-refractivity contribution is 5.98. The molecule has 0 atom stereocenters. The van der Waals surface area contributed by atoms with Crippen molar-refractivity contribution in [3.8, 4) is 17.2 Å². The number of benzene rings is 2. The van der Waals surface area contributed by atoms with E-state index in [1.165, 1.54) is 0 Å². The van der Waals surface area contributed by atoms with E-state index in [0.29, 0.717) is 5.69 Å². The molecule has 8 heteroatoms. The lowest BCUT2D eigenvalue weighted by molar-refractivity contribution is 0.0937. The van der Waals surface area contributed by atoms with Crippen LogP contribution < -0.4 is 16.2 Å². The summed E-state index contributed by atoms with van der Waals surface area (Å²) in [4.78, 5) is 23.4. The summed E-state index contributed by atoms with van der Waals surface area (Å²) in [6.07, 6.45) is 0. The maximum Gasteiger partial charge on any atom is 0.337 e. The van der Waals surface area contributed by atoms with Crippen molar-refractivity contribution in [2.75, 3.05) is 5.32 Å². The second-order valence-electron chi connectivity index (χ2n) is 4.76. The van der Waals surface area contributed by atoms with Gasteiger partial charge in [0.05, 0.1) is 0 Å². The van der Waals surface area contributed by atoms with Crippen molar-refractivity contribution in [3.63, 3.8) is 0 Å². The minimum absolute atomic E-state index is 0.145. The van der Waals surface area contributed by atoms with Gasteiger partial charge in [-0.3, -0.25) is 10.2 Å². The standard InChI is InChI=1S/C15H15N3O5/c1-8-2-4-10(5-3-8)16-15(23)18-17-14(22)9-6-11(19)13(21)12(20)7-9/h2-7,19-21H,1H3,(H,17,22)(H2,16,18,23). The van der Waals surface area contributed by atoms with Crippen LogP contribution in [0.3, 0.4) is 0 Å². The molecule has 0 spiro atoms. The van der Waals surface area contributed by atoms with Crippen LogP contribution in [0.5, 0.6) is 17.2 Å². The molecular formula is C15H15N3O5. The number of phenols is 3. The third-order valence-electron chi connectivity index (χ3n) is 2.93. The quantitative estimate of drug-likeness (QED) is 0.370. The van der Waals surface area contributed by atoms with Crippen LogP contribution in [0.15, 0.2) is 36.4 Å². The average Bonchev–Trinajstić information content (AvgIpc) is 2.52. The van der Waals surface area contributed by atoms with Gasteiger partial charge in [-0.2, -0.15) is 0 Å². The maximum absolute atomic E-state index is 11.8. The van der Waals surface area contributed by atoms with Gasteiger partial charge in [0.2, 0.25) is 0 Å². The van der Waals surface area contributed by atoms with E-state index in [1.54, 1.807) is 12.1 Å². The van der Waals surface area contributed by atoms with Crippen LogP contribution in [0, 0.1) is 6.92 Å². The van der Waals surface area contributed by atoms with Crippen molar-refractivity contribution in [1.82, 2.24) is 10.9 Å². The predicted octanol–water partition coefficient (Wildman–Crippen LogP) is 1.58. The number of anilines is 1. The molecule has 0 heterocycles. The third kappa shape index (κ3) is 4.03. The fourth-order valence-electron chi connectivity index (χ4n) is 1.72. The Balaban J connectivity index is 1.93. The van der Waals surface area contributed by atoms with Crippen LogP contribution in [0.2, 0.25) is 0 Å². The monoisotopic (exact) mass is 317 g/mol. The lowest BCUT2D eigenvalue weighted by Crippen LogP contribution is -2.43. The molecule has 23 heavy (non-hydrogen) atoms. The first-order valence-corrected chi connectivity index (χ1v) is 6.56. The van der Waals surface area contributed by atoms with Gasteiger partial charge in [-0.25, -0.2) is 10.2 Å². The molecule has 0 saturated heterocycles. The van der Waals surface area contributed by atoms with E-state index in [-0.39, 0.29) is 5.56 Å². The number of hydrazine groups is 1. The van der Waals surface area contributed by atoms with Crippen molar-refractivity contribution < 1.29 is 24.9 Å². The number of nitrogens with one attached hydrogen (secondary N) is 3. The van der Waals surface area contributed by atoms with E-state index in [1.807, 2.05) is 19.1 Å². The summed E-state index contributed by atoms with van der Waals surface area (Å²) in [5, 5.41) is 30.4. The fourth-order valence-corrected chi connectivity index (χ4v) is 1.72. The van der Waals surface area contributed by atoms with Crippen LogP contribution in [-0.2, 0) is 0 Å². The van der Waals surface area contributed by atoms with Gasteiger partial charge in [-0.1, -0.05) is 17.7 Å². The Bertz CT molecular complexity index is 720. The van der Waals surface area contributed by atoms with E-state index < -0.39 is 29.2 Å². The normalized spacial score (nSPS) is 9.96. The van der Waals surface area contributed by atoms with Gasteiger partial charge in [0.1, 0.15) is 0 Å². The number of hydrogen-bond acceptors (Lipinski definition) is 5. The smallest absolute Gasteiger partial charge is 0.337 e. The zero-order valence-electron chi connectivity index (χ0n) is 12.1. The lowest BCUT2D eigenvalue weighted by atomic mass is 10.2. The number of amides is 3. The van der Waals surface area contributed by atoms with Crippen LogP contribution in [0.1, 0.15) is 15.9 Å². The number of carbonyl (C=O) groups is 2. The summed E-state index contributed by atoms with van der Waals surface area (Å²) in [6, 6.07) is 8.26. The second-order valence-corrected chi connectivity index (χ2v) is 4.76. The van der Waals surface area contributed by atoms with Gasteiger partial charge < -0.3 is 20.6 Å². The van der Waals surface area contributed by atoms with E-state index >= 15 is 0 Å². The first-order chi connectivity index (χ1) is 10.9. The van der Waals surface area contributed by atoms with Crippen molar-refractivity contribution in [2.45, 2.75) is 6.92 Å². The molecule has 8 nitrogen and oxygen atoms in total. The molecular weight excluding hydrogens is 302 g/mol. The van der Waals surface area contributed by atoms with Crippen LogP contribution in [-0.4, -0.2) is 27.3 Å². The summed E-state index contributed by atoms with van der Waals surface area (Å²) in [5.74, 6) is -2.82. The summed E-state index contributed by atoms with van der Waals surface area (Å²) in [5.41, 5.74) is 5.66. The van der Waals surface area contributed by atoms with E-state index in [0.717, 1.165) is 17.7 Å². The van der Waals surface area contributed by atoms with E-state index in [9.17, 15) is 24.9 Å². The highest BCUT2D eigenvalue weighted by atomic mass is 16.3. The van der Waals surface area contributed by atoms with Gasteiger partial charge in [0.15, 0.2) is 17.2 Å². The SMILES string of the molecule is Cc1ccc(NC(=O)NNC(=O)c2cc(O)c(O)c(O)c2)cc1. The molecule has 0 fully saturated rings. The van der Waals surface area contributed by atoms with Gasteiger partial charge in [0, 0.05) is 11.3 Å². The molecule has 0 aliphatic rings. The van der Waals surface area contributed by atoms with Crippen LogP contribution in [0.4, 0.5) is 10.5 Å². The number of urea groups is 1. The first-order valence-electron chi connectivity index (χ1n) is 6.56. The Morgan fingerprint density at radius 2 is 1.48 bits per heavy atom. The summed E-state index contributed by atoms with van der Waals surface area (Å²) >= 11 is 0. The highest BCUT2D eigenvalue weighted by Gasteiger charge is 2.14. The Labute approximate surface area is 131 Å². The number of rotatable bonds is 2. The molecule has 0 aliphatic heterocycles. The van der Waals surface area contributed by atoms with Gasteiger partial charge in [0.25, 0.3) is 5.91 Å². The molecule has 2 aromatic rings. The van der Waals surface area contributed by atoms with Crippen molar-refractivity contribution in [2.24, 2.45) is 0 Å². The minimum atomic E-state index is -0.783. The molecule has 0 bridgehead atoms. The largest absolute Gasteiger partial charge is 0.504 e. The number of hydrogen-bond donors (Lipinski definition) is 6. The molecule has 2 rings (SSSR count). The summed E-state index contributed by atoms with van der Waals surface area (Å²) in [7, 11) is 0. The maximum atomic E-state index is 11.8. The Morgan fingerprint density at radius 1 is 0.913 bits per heavy atom. The van der Waals surface area contributed by atoms with E-state index in [2.05, 4.69) is 16.2 Å². The summed E-state index contributed by atoms with van der Waals surface area (Å²) in [6.45, 7) is 1.91. The third-order valence-corrected chi connectivity index (χ3v) is 2.93. The molecule has 120 valence electrons. The zero-order valence-corrected chi connectivity index (χ0v) is 12.1. The summed E-state index contributed by atoms with van der Waals surface area (Å²) < 4.78 is 0. The van der Waals surface area contributed by atoms with Crippen LogP contribution >= 0.6 is 0 Å². The lowest BCUT2D eigenvalue weighted by Gasteiger charge is -2.10. The Morgan fingerprint density at radius 3 is 2.04 bits per heavy atom. The molecule has 0 aliphatic carbocycles. The number of phenolic OH excluding ortho intramolecular Hbond substituents is 3. The van der Waals surface area contributed by atoms with Crippen molar-refractivity contribution in [3.05, 3.63) is 47.5 Å². The first kappa shape index (κ1) is 16.0. The van der Waals surface area contributed by atoms with Gasteiger partial charge in [-0.05, 0) is 31.2 Å². The molecule has 0 aromatic heterocycles. The van der Waals surface area contributed by atoms with Crippen LogP contribution in [0.25, 0.3) is 0 Å². The Hall–Kier alpha value is -3.42. The molecule has 0 unspecified atom stereocenters. The van der Waals surface area contributed by atoms with E-state index in [4.69, 9.17) is 0 Å². The molecule has 2 aromatic carbocycles. The molecule has 0 saturated carbocycles. The average molecular weight is 317 g/mol. The molecule has 0 radical (unpaired) electrons. The second kappa shape index (κ2) is 6.56. The number of aromatic hydroxyl groups is 3. The van der Waals surface area contributed by atoms with Crippen molar-refractivity contribution in [1.29, 1.82) is 0 Å². The number of aryl methyl sites for hydroxylation is 1. The zero-order chi connectivity index (χ0) is 17.0. The minimum Gasteiger partial charge on any atom is -0.504 e. The van der Waals surface area contributed by atoms with Crippen molar-refractivity contribution >= 4 is 17.6 Å². The van der Waals surface area contributed by atoms with Gasteiger partial charge in [-0.15, -0.1) is 0 Å². The fraction of sp³-hybridized carbons (Fsp3) is 0.0667. The van der Waals surface area contributed by atoms with Gasteiger partial charge >= 0.3 is 6.03 Å². The predicted molar refractivity (Wildman–Crippen MR) is 82.2 cm³/mol. The molecule has 6 N–H and O–H groups in total. The Kier molecular flexibility index (Phi) is 4.55. The highest BCUT2D eigenvalue weighted by Crippen LogP contribution is 2.35. The molecule has 3 amide bonds.